The molecule has 0 fully saturated rings. The van der Waals surface area contributed by atoms with Gasteiger partial charge in [-0.25, -0.2) is 9.78 Å². The molecular weight excluding hydrogens is 366 g/mol. The number of carbonyl (C=O) groups excluding carboxylic acids is 1. The fourth-order valence-corrected chi connectivity index (χ4v) is 3.06. The summed E-state index contributed by atoms with van der Waals surface area (Å²) in [6.45, 7) is -0.0563. The Kier molecular flexibility index (Phi) is 6.27. The Labute approximate surface area is 161 Å². The number of benzene rings is 2. The molecule has 0 aliphatic heterocycles. The van der Waals surface area contributed by atoms with E-state index in [1.165, 1.54) is 11.3 Å². The fourth-order valence-electron chi connectivity index (χ4n) is 2.25. The molecule has 2 aromatic carbocycles. The summed E-state index contributed by atoms with van der Waals surface area (Å²) in [4.78, 5) is 16.3. The number of nitrogens with zero attached hydrogens (tertiary/aromatic N) is 1. The van der Waals surface area contributed by atoms with Crippen molar-refractivity contribution in [2.45, 2.75) is 6.61 Å². The Balaban J connectivity index is 1.47. The number of thiazole rings is 1. The number of esters is 1. The van der Waals surface area contributed by atoms with Gasteiger partial charge in [0.05, 0.1) is 19.9 Å². The Bertz CT molecular complexity index is 874. The zero-order chi connectivity index (χ0) is 19.1. The first-order valence-electron chi connectivity index (χ1n) is 8.19. The number of hydrogen-bond acceptors (Lipinski definition) is 7. The van der Waals surface area contributed by atoms with Gasteiger partial charge in [-0.3, -0.25) is 0 Å². The normalized spacial score (nSPS) is 10.3. The van der Waals surface area contributed by atoms with Gasteiger partial charge in [0.15, 0.2) is 6.61 Å². The van der Waals surface area contributed by atoms with Gasteiger partial charge in [-0.1, -0.05) is 0 Å². The fraction of sp³-hybridized carbons (Fsp3) is 0.200. The second-order valence-electron chi connectivity index (χ2n) is 5.50. The zero-order valence-electron chi connectivity index (χ0n) is 15.0. The van der Waals surface area contributed by atoms with E-state index in [1.807, 2.05) is 29.6 Å². The summed E-state index contributed by atoms with van der Waals surface area (Å²) in [5.41, 5.74) is 1.69. The van der Waals surface area contributed by atoms with Crippen molar-refractivity contribution in [3.05, 3.63) is 59.6 Å². The smallest absolute Gasteiger partial charge is 0.344 e. The van der Waals surface area contributed by atoms with Crippen LogP contribution in [0.1, 0.15) is 5.69 Å². The van der Waals surface area contributed by atoms with E-state index < -0.39 is 5.97 Å². The predicted molar refractivity (Wildman–Crippen MR) is 102 cm³/mol. The van der Waals surface area contributed by atoms with Gasteiger partial charge >= 0.3 is 5.97 Å². The van der Waals surface area contributed by atoms with Crippen LogP contribution in [0.4, 0.5) is 0 Å². The largest absolute Gasteiger partial charge is 0.497 e. The summed E-state index contributed by atoms with van der Waals surface area (Å²) < 4.78 is 20.8. The number of ether oxygens (including phenoxy) is 4. The summed E-state index contributed by atoms with van der Waals surface area (Å²) in [5.74, 6) is 1.63. The molecule has 1 heterocycles. The third-order valence-electron chi connectivity index (χ3n) is 3.69. The quantitative estimate of drug-likeness (QED) is 0.547. The van der Waals surface area contributed by atoms with E-state index >= 15 is 0 Å². The molecule has 140 valence electrons. The highest BCUT2D eigenvalue weighted by atomic mass is 32.1. The van der Waals surface area contributed by atoms with E-state index in [0.29, 0.717) is 11.4 Å². The molecule has 0 saturated carbocycles. The third-order valence-corrected chi connectivity index (χ3v) is 4.63. The third kappa shape index (κ3) is 5.21. The minimum absolute atomic E-state index is 0.109. The molecular formula is C20H19NO5S. The molecule has 0 atom stereocenters. The number of carbonyl (C=O) groups is 1. The lowest BCUT2D eigenvalue weighted by molar-refractivity contribution is -0.147. The van der Waals surface area contributed by atoms with Gasteiger partial charge in [-0.2, -0.15) is 0 Å². The molecule has 6 nitrogen and oxygen atoms in total. The maximum Gasteiger partial charge on any atom is 0.344 e. The van der Waals surface area contributed by atoms with Crippen molar-refractivity contribution in [1.82, 2.24) is 4.98 Å². The molecule has 1 aromatic heterocycles. The van der Waals surface area contributed by atoms with Crippen molar-refractivity contribution in [1.29, 1.82) is 0 Å². The predicted octanol–water partition coefficient (Wildman–Crippen LogP) is 3.95. The molecule has 0 unspecified atom stereocenters. The molecule has 0 amide bonds. The highest BCUT2D eigenvalue weighted by molar-refractivity contribution is 7.13. The summed E-state index contributed by atoms with van der Waals surface area (Å²) in [7, 11) is 3.22. The second-order valence-corrected chi connectivity index (χ2v) is 6.36. The Morgan fingerprint density at radius 2 is 1.52 bits per heavy atom. The van der Waals surface area contributed by atoms with E-state index in [9.17, 15) is 4.79 Å². The highest BCUT2D eigenvalue weighted by Gasteiger charge is 2.09. The van der Waals surface area contributed by atoms with Crippen molar-refractivity contribution in [3.63, 3.8) is 0 Å². The number of methoxy groups -OCH3 is 2. The Hall–Kier alpha value is -3.06. The minimum Gasteiger partial charge on any atom is -0.497 e. The molecule has 27 heavy (non-hydrogen) atoms. The molecule has 0 bridgehead atoms. The van der Waals surface area contributed by atoms with Gasteiger partial charge < -0.3 is 18.9 Å². The van der Waals surface area contributed by atoms with E-state index in [0.717, 1.165) is 22.1 Å². The van der Waals surface area contributed by atoms with Crippen LogP contribution in [0, 0.1) is 0 Å². The standard InChI is InChI=1S/C20H19NO5S/c1-23-16-5-3-14(4-6-16)20-21-15(13-27-20)11-26-19(22)12-25-18-9-7-17(24-2)8-10-18/h3-10,13H,11-12H2,1-2H3. The van der Waals surface area contributed by atoms with E-state index in [2.05, 4.69) is 4.98 Å². The average molecular weight is 385 g/mol. The first kappa shape index (κ1) is 18.7. The van der Waals surface area contributed by atoms with Crippen molar-refractivity contribution < 1.29 is 23.7 Å². The van der Waals surface area contributed by atoms with E-state index in [1.54, 1.807) is 38.5 Å². The van der Waals surface area contributed by atoms with Gasteiger partial charge in [-0.15, -0.1) is 11.3 Å². The van der Waals surface area contributed by atoms with Gasteiger partial charge in [0.2, 0.25) is 0 Å². The van der Waals surface area contributed by atoms with E-state index in [4.69, 9.17) is 18.9 Å². The van der Waals surface area contributed by atoms with Crippen LogP contribution >= 0.6 is 11.3 Å². The molecule has 0 aliphatic carbocycles. The molecule has 0 N–H and O–H groups in total. The number of hydrogen-bond donors (Lipinski definition) is 0. The second kappa shape index (κ2) is 9.05. The molecule has 0 radical (unpaired) electrons. The van der Waals surface area contributed by atoms with Gasteiger partial charge in [0, 0.05) is 10.9 Å². The monoisotopic (exact) mass is 385 g/mol. The first-order chi connectivity index (χ1) is 13.2. The minimum atomic E-state index is -0.454. The lowest BCUT2D eigenvalue weighted by Gasteiger charge is -2.07. The van der Waals surface area contributed by atoms with Crippen LogP contribution in [0.15, 0.2) is 53.9 Å². The number of rotatable bonds is 8. The first-order valence-corrected chi connectivity index (χ1v) is 9.07. The van der Waals surface area contributed by atoms with Crippen molar-refractivity contribution in [2.75, 3.05) is 20.8 Å². The van der Waals surface area contributed by atoms with Crippen molar-refractivity contribution in [3.8, 4) is 27.8 Å². The average Bonchev–Trinajstić information content (AvgIpc) is 3.20. The molecule has 0 aliphatic rings. The van der Waals surface area contributed by atoms with Crippen LogP contribution in [-0.2, 0) is 16.1 Å². The van der Waals surface area contributed by atoms with Crippen LogP contribution in [-0.4, -0.2) is 31.8 Å². The molecule has 7 heteroatoms. The van der Waals surface area contributed by atoms with Crippen molar-refractivity contribution in [2.24, 2.45) is 0 Å². The summed E-state index contributed by atoms with van der Waals surface area (Å²) in [6, 6.07) is 14.6. The SMILES string of the molecule is COc1ccc(OCC(=O)OCc2csc(-c3ccc(OC)cc3)n2)cc1. The van der Waals surface area contributed by atoms with Crippen LogP contribution in [0.25, 0.3) is 10.6 Å². The highest BCUT2D eigenvalue weighted by Crippen LogP contribution is 2.26. The number of aromatic nitrogens is 1. The topological polar surface area (TPSA) is 66.9 Å². The summed E-state index contributed by atoms with van der Waals surface area (Å²) >= 11 is 1.50. The van der Waals surface area contributed by atoms with Gasteiger partial charge in [0.1, 0.15) is 28.9 Å². The van der Waals surface area contributed by atoms with Crippen LogP contribution < -0.4 is 14.2 Å². The van der Waals surface area contributed by atoms with Crippen LogP contribution in [0.5, 0.6) is 17.2 Å². The van der Waals surface area contributed by atoms with Crippen LogP contribution in [0.3, 0.4) is 0 Å². The molecule has 3 aromatic rings. The molecule has 3 rings (SSSR count). The van der Waals surface area contributed by atoms with Crippen LogP contribution in [0.2, 0.25) is 0 Å². The Morgan fingerprint density at radius 3 is 2.15 bits per heavy atom. The summed E-state index contributed by atoms with van der Waals surface area (Å²) in [5, 5.41) is 2.73. The van der Waals surface area contributed by atoms with Gasteiger partial charge in [0.25, 0.3) is 0 Å². The Morgan fingerprint density at radius 1 is 0.926 bits per heavy atom. The summed E-state index contributed by atoms with van der Waals surface area (Å²) in [6.07, 6.45) is 0. The lowest BCUT2D eigenvalue weighted by atomic mass is 10.2. The van der Waals surface area contributed by atoms with E-state index in [-0.39, 0.29) is 13.2 Å². The molecule has 0 saturated heterocycles. The maximum absolute atomic E-state index is 11.8. The zero-order valence-corrected chi connectivity index (χ0v) is 15.8. The maximum atomic E-state index is 11.8. The molecule has 0 spiro atoms. The lowest BCUT2D eigenvalue weighted by Crippen LogP contribution is -2.14. The van der Waals surface area contributed by atoms with Crippen molar-refractivity contribution >= 4 is 17.3 Å². The van der Waals surface area contributed by atoms with Gasteiger partial charge in [-0.05, 0) is 48.5 Å².